The van der Waals surface area contributed by atoms with Crippen LogP contribution in [0, 0.1) is 20.8 Å². The molecule has 2 rings (SSSR count). The molecule has 0 spiro atoms. The molecule has 0 aliphatic carbocycles. The first-order chi connectivity index (χ1) is 10.6. The highest BCUT2D eigenvalue weighted by atomic mass is 79.9. The summed E-state index contributed by atoms with van der Waals surface area (Å²) in [6, 6.07) is 7.16. The van der Waals surface area contributed by atoms with E-state index in [0.29, 0.717) is 11.3 Å². The lowest BCUT2D eigenvalue weighted by atomic mass is 10.0. The zero-order valence-electron chi connectivity index (χ0n) is 13.1. The van der Waals surface area contributed by atoms with Crippen molar-refractivity contribution in [2.45, 2.75) is 26.9 Å². The van der Waals surface area contributed by atoms with Gasteiger partial charge >= 0.3 is 6.18 Å². The Morgan fingerprint density at radius 1 is 1.09 bits per heavy atom. The summed E-state index contributed by atoms with van der Waals surface area (Å²) in [6.07, 6.45) is -4.37. The van der Waals surface area contributed by atoms with Gasteiger partial charge in [-0.3, -0.25) is 0 Å². The van der Waals surface area contributed by atoms with Gasteiger partial charge in [0.05, 0.1) is 5.56 Å². The minimum atomic E-state index is -4.37. The summed E-state index contributed by atoms with van der Waals surface area (Å²) in [4.78, 5) is 0. The zero-order valence-corrected chi connectivity index (χ0v) is 14.7. The minimum absolute atomic E-state index is 0.412. The molecule has 0 atom stereocenters. The SMILES string of the molecule is C=C(Nc1c(C)cc(C)c(Br)c1C)c1cccc(C(F)(F)F)c1. The van der Waals surface area contributed by atoms with Crippen LogP contribution in [0.2, 0.25) is 0 Å². The Labute approximate surface area is 142 Å². The summed E-state index contributed by atoms with van der Waals surface area (Å²) in [7, 11) is 0. The fourth-order valence-corrected chi connectivity index (χ4v) is 2.77. The molecule has 0 heterocycles. The first-order valence-corrected chi connectivity index (χ1v) is 7.80. The molecular weight excluding hydrogens is 367 g/mol. The molecule has 1 N–H and O–H groups in total. The van der Waals surface area contributed by atoms with Crippen molar-refractivity contribution in [1.82, 2.24) is 0 Å². The third-order valence-electron chi connectivity index (χ3n) is 3.69. The van der Waals surface area contributed by atoms with Crippen LogP contribution >= 0.6 is 15.9 Å². The molecule has 0 radical (unpaired) electrons. The van der Waals surface area contributed by atoms with Gasteiger partial charge in [0.15, 0.2) is 0 Å². The van der Waals surface area contributed by atoms with Gasteiger partial charge in [0.2, 0.25) is 0 Å². The van der Waals surface area contributed by atoms with Crippen LogP contribution in [0.1, 0.15) is 27.8 Å². The van der Waals surface area contributed by atoms with Crippen molar-refractivity contribution in [2.75, 3.05) is 5.32 Å². The molecule has 0 amide bonds. The largest absolute Gasteiger partial charge is 0.416 e. The second-order valence-electron chi connectivity index (χ2n) is 5.51. The predicted octanol–water partition coefficient (Wildman–Crippen LogP) is 6.48. The maximum absolute atomic E-state index is 12.8. The molecule has 0 aliphatic rings. The molecule has 0 unspecified atom stereocenters. The highest BCUT2D eigenvalue weighted by molar-refractivity contribution is 9.10. The van der Waals surface area contributed by atoms with Gasteiger partial charge in [-0.25, -0.2) is 0 Å². The van der Waals surface area contributed by atoms with Crippen LogP contribution in [0.4, 0.5) is 18.9 Å². The smallest absolute Gasteiger partial charge is 0.355 e. The van der Waals surface area contributed by atoms with Gasteiger partial charge < -0.3 is 5.32 Å². The Kier molecular flexibility index (Phi) is 4.90. The van der Waals surface area contributed by atoms with Crippen molar-refractivity contribution in [3.8, 4) is 0 Å². The van der Waals surface area contributed by atoms with Crippen LogP contribution in [0.25, 0.3) is 5.70 Å². The number of benzene rings is 2. The van der Waals surface area contributed by atoms with E-state index in [-0.39, 0.29) is 0 Å². The van der Waals surface area contributed by atoms with Crippen LogP contribution in [0.5, 0.6) is 0 Å². The summed E-state index contributed by atoms with van der Waals surface area (Å²) in [5.74, 6) is 0. The molecule has 0 aromatic heterocycles. The molecule has 0 fully saturated rings. The monoisotopic (exact) mass is 383 g/mol. The Hall–Kier alpha value is -1.75. The fourth-order valence-electron chi connectivity index (χ4n) is 2.46. The van der Waals surface area contributed by atoms with Crippen molar-refractivity contribution in [3.63, 3.8) is 0 Å². The Bertz CT molecular complexity index is 764. The number of hydrogen-bond acceptors (Lipinski definition) is 1. The third-order valence-corrected chi connectivity index (χ3v) is 4.91. The van der Waals surface area contributed by atoms with Crippen molar-refractivity contribution in [1.29, 1.82) is 0 Å². The topological polar surface area (TPSA) is 12.0 Å². The molecule has 0 saturated carbocycles. The van der Waals surface area contributed by atoms with Crippen LogP contribution in [-0.4, -0.2) is 0 Å². The highest BCUT2D eigenvalue weighted by Crippen LogP contribution is 2.34. The highest BCUT2D eigenvalue weighted by Gasteiger charge is 2.30. The van der Waals surface area contributed by atoms with E-state index in [2.05, 4.69) is 27.8 Å². The number of alkyl halides is 3. The third kappa shape index (κ3) is 3.78. The molecular formula is C18H17BrF3N. The first kappa shape index (κ1) is 17.6. The van der Waals surface area contributed by atoms with Crippen molar-refractivity contribution >= 4 is 27.3 Å². The molecule has 0 saturated heterocycles. The average Bonchev–Trinajstić information content (AvgIpc) is 2.48. The second-order valence-corrected chi connectivity index (χ2v) is 6.30. The van der Waals surface area contributed by atoms with Crippen LogP contribution < -0.4 is 5.32 Å². The Morgan fingerprint density at radius 3 is 2.35 bits per heavy atom. The summed E-state index contributed by atoms with van der Waals surface area (Å²) < 4.78 is 39.5. The fraction of sp³-hybridized carbons (Fsp3) is 0.222. The molecule has 1 nitrogen and oxygen atoms in total. The number of hydrogen-bond donors (Lipinski definition) is 1. The summed E-state index contributed by atoms with van der Waals surface area (Å²) in [6.45, 7) is 9.78. The van der Waals surface area contributed by atoms with E-state index in [9.17, 15) is 13.2 Å². The molecule has 5 heteroatoms. The predicted molar refractivity (Wildman–Crippen MR) is 92.5 cm³/mol. The van der Waals surface area contributed by atoms with Gasteiger partial charge in [0.1, 0.15) is 0 Å². The van der Waals surface area contributed by atoms with Gasteiger partial charge in [0, 0.05) is 15.9 Å². The molecule has 0 aliphatic heterocycles. The lowest BCUT2D eigenvalue weighted by molar-refractivity contribution is -0.137. The van der Waals surface area contributed by atoms with E-state index in [1.807, 2.05) is 26.8 Å². The van der Waals surface area contributed by atoms with E-state index >= 15 is 0 Å². The Balaban J connectivity index is 2.36. The summed E-state index contributed by atoms with van der Waals surface area (Å²) >= 11 is 3.53. The van der Waals surface area contributed by atoms with Gasteiger partial charge in [-0.15, -0.1) is 0 Å². The maximum Gasteiger partial charge on any atom is 0.416 e. The summed E-state index contributed by atoms with van der Waals surface area (Å²) in [5.41, 5.74) is 4.12. The summed E-state index contributed by atoms with van der Waals surface area (Å²) in [5, 5.41) is 3.15. The van der Waals surface area contributed by atoms with Gasteiger partial charge in [-0.1, -0.05) is 40.7 Å². The minimum Gasteiger partial charge on any atom is -0.355 e. The lowest BCUT2D eigenvalue weighted by Crippen LogP contribution is -2.07. The zero-order chi connectivity index (χ0) is 17.4. The van der Waals surface area contributed by atoms with Crippen molar-refractivity contribution in [3.05, 3.63) is 69.2 Å². The number of anilines is 1. The van der Waals surface area contributed by atoms with Crippen LogP contribution in [-0.2, 0) is 6.18 Å². The molecule has 122 valence electrons. The normalized spacial score (nSPS) is 11.4. The van der Waals surface area contributed by atoms with Crippen LogP contribution in [0.3, 0.4) is 0 Å². The van der Waals surface area contributed by atoms with E-state index in [1.54, 1.807) is 6.07 Å². The first-order valence-electron chi connectivity index (χ1n) is 7.01. The van der Waals surface area contributed by atoms with Gasteiger partial charge in [-0.05, 0) is 55.2 Å². The van der Waals surface area contributed by atoms with Crippen molar-refractivity contribution in [2.24, 2.45) is 0 Å². The maximum atomic E-state index is 12.8. The van der Waals surface area contributed by atoms with Gasteiger partial charge in [-0.2, -0.15) is 13.2 Å². The molecule has 2 aromatic carbocycles. The Morgan fingerprint density at radius 2 is 1.74 bits per heavy atom. The average molecular weight is 384 g/mol. The standard InChI is InChI=1S/C18H17BrF3N/c1-10-8-11(2)17(12(3)16(10)19)23-13(4)14-6-5-7-15(9-14)18(20,21)22/h5-9,23H,4H2,1-3H3. The number of rotatable bonds is 3. The molecule has 0 bridgehead atoms. The number of halogens is 4. The quantitative estimate of drug-likeness (QED) is 0.639. The van der Waals surface area contributed by atoms with E-state index in [1.165, 1.54) is 6.07 Å². The van der Waals surface area contributed by atoms with E-state index in [0.717, 1.165) is 39.0 Å². The van der Waals surface area contributed by atoms with Gasteiger partial charge in [0.25, 0.3) is 0 Å². The van der Waals surface area contributed by atoms with Crippen molar-refractivity contribution < 1.29 is 13.2 Å². The molecule has 2 aromatic rings. The van der Waals surface area contributed by atoms with Crippen LogP contribution in [0.15, 0.2) is 41.4 Å². The second kappa shape index (κ2) is 6.40. The van der Waals surface area contributed by atoms with E-state index < -0.39 is 11.7 Å². The number of aryl methyl sites for hydroxylation is 2. The molecule has 23 heavy (non-hydrogen) atoms. The lowest BCUT2D eigenvalue weighted by Gasteiger charge is -2.18. The number of nitrogens with one attached hydrogen (secondary N) is 1. The van der Waals surface area contributed by atoms with E-state index in [4.69, 9.17) is 0 Å².